The van der Waals surface area contributed by atoms with E-state index in [0.29, 0.717) is 19.1 Å². The van der Waals surface area contributed by atoms with Crippen LogP contribution in [0.3, 0.4) is 0 Å². The SMILES string of the molecule is CCNC(=NCc1ccc(C)cc1OC1CCOC1)NCC(C)CN1CCN(CC)CC1.I. The van der Waals surface area contributed by atoms with Gasteiger partial charge < -0.3 is 29.9 Å². The van der Waals surface area contributed by atoms with Crippen LogP contribution in [0.4, 0.5) is 0 Å². The zero-order valence-corrected chi connectivity index (χ0v) is 23.3. The average molecular weight is 574 g/mol. The van der Waals surface area contributed by atoms with Crippen molar-refractivity contribution in [2.24, 2.45) is 10.9 Å². The van der Waals surface area contributed by atoms with Gasteiger partial charge in [-0.3, -0.25) is 0 Å². The smallest absolute Gasteiger partial charge is 0.191 e. The van der Waals surface area contributed by atoms with Gasteiger partial charge in [-0.05, 0) is 37.9 Å². The Balaban J connectivity index is 0.00000385. The van der Waals surface area contributed by atoms with Gasteiger partial charge in [0.15, 0.2) is 5.96 Å². The van der Waals surface area contributed by atoms with Crippen LogP contribution in [-0.2, 0) is 11.3 Å². The first-order chi connectivity index (χ1) is 15.6. The molecule has 2 fully saturated rings. The summed E-state index contributed by atoms with van der Waals surface area (Å²) in [6.07, 6.45) is 1.10. The molecule has 8 heteroatoms. The van der Waals surface area contributed by atoms with Crippen molar-refractivity contribution >= 4 is 29.9 Å². The predicted octanol–water partition coefficient (Wildman–Crippen LogP) is 3.11. The van der Waals surface area contributed by atoms with Crippen molar-refractivity contribution in [3.63, 3.8) is 0 Å². The fourth-order valence-electron chi connectivity index (χ4n) is 4.26. The lowest BCUT2D eigenvalue weighted by molar-refractivity contribution is 0.124. The van der Waals surface area contributed by atoms with Gasteiger partial charge in [0.25, 0.3) is 0 Å². The number of aliphatic imine (C=N–C) groups is 1. The molecular weight excluding hydrogens is 529 g/mol. The van der Waals surface area contributed by atoms with Crippen LogP contribution in [0.15, 0.2) is 23.2 Å². The van der Waals surface area contributed by atoms with Crippen molar-refractivity contribution in [1.82, 2.24) is 20.4 Å². The number of halogens is 1. The second kappa shape index (κ2) is 15.0. The largest absolute Gasteiger partial charge is 0.488 e. The van der Waals surface area contributed by atoms with Gasteiger partial charge in [0.05, 0.1) is 19.8 Å². The van der Waals surface area contributed by atoms with Gasteiger partial charge in [0.2, 0.25) is 0 Å². The molecule has 0 aromatic heterocycles. The van der Waals surface area contributed by atoms with Crippen LogP contribution in [-0.4, -0.2) is 87.4 Å². The van der Waals surface area contributed by atoms with Gasteiger partial charge in [-0.1, -0.05) is 26.0 Å². The lowest BCUT2D eigenvalue weighted by Crippen LogP contribution is -2.48. The summed E-state index contributed by atoms with van der Waals surface area (Å²) in [4.78, 5) is 9.97. The topological polar surface area (TPSA) is 61.4 Å². The van der Waals surface area contributed by atoms with Crippen LogP contribution in [0.25, 0.3) is 0 Å². The molecule has 0 bridgehead atoms. The normalized spacial score (nSPS) is 20.8. The molecule has 1 aromatic rings. The zero-order chi connectivity index (χ0) is 22.8. The van der Waals surface area contributed by atoms with Crippen molar-refractivity contribution in [3.8, 4) is 5.75 Å². The van der Waals surface area contributed by atoms with Gasteiger partial charge in [-0.25, -0.2) is 4.99 Å². The van der Waals surface area contributed by atoms with Gasteiger partial charge >= 0.3 is 0 Å². The Labute approximate surface area is 217 Å². The molecule has 0 radical (unpaired) electrons. The molecule has 2 aliphatic heterocycles. The number of nitrogens with zero attached hydrogens (tertiary/aromatic N) is 3. The molecule has 2 aliphatic rings. The first kappa shape index (κ1) is 28.1. The lowest BCUT2D eigenvalue weighted by Gasteiger charge is -2.35. The summed E-state index contributed by atoms with van der Waals surface area (Å²) >= 11 is 0. The number of nitrogens with one attached hydrogen (secondary N) is 2. The van der Waals surface area contributed by atoms with E-state index >= 15 is 0 Å². The van der Waals surface area contributed by atoms with Crippen molar-refractivity contribution in [3.05, 3.63) is 29.3 Å². The second-order valence-electron chi connectivity index (χ2n) is 9.13. The van der Waals surface area contributed by atoms with E-state index in [1.807, 2.05) is 0 Å². The number of likely N-dealkylation sites (N-methyl/N-ethyl adjacent to an activating group) is 1. The molecule has 33 heavy (non-hydrogen) atoms. The van der Waals surface area contributed by atoms with Crippen molar-refractivity contribution < 1.29 is 9.47 Å². The minimum atomic E-state index is 0. The second-order valence-corrected chi connectivity index (χ2v) is 9.13. The zero-order valence-electron chi connectivity index (χ0n) is 20.9. The van der Waals surface area contributed by atoms with Crippen LogP contribution >= 0.6 is 24.0 Å². The molecule has 2 saturated heterocycles. The maximum Gasteiger partial charge on any atom is 0.191 e. The number of guanidine groups is 1. The van der Waals surface area contributed by atoms with Crippen molar-refractivity contribution in [2.75, 3.05) is 65.6 Å². The number of benzene rings is 1. The maximum absolute atomic E-state index is 6.23. The van der Waals surface area contributed by atoms with Crippen LogP contribution in [0.2, 0.25) is 0 Å². The molecular formula is C25H44IN5O2. The Morgan fingerprint density at radius 3 is 2.61 bits per heavy atom. The number of ether oxygens (including phenoxy) is 2. The number of rotatable bonds is 10. The van der Waals surface area contributed by atoms with Crippen molar-refractivity contribution in [1.29, 1.82) is 0 Å². The van der Waals surface area contributed by atoms with Crippen LogP contribution in [0, 0.1) is 12.8 Å². The summed E-state index contributed by atoms with van der Waals surface area (Å²) in [6.45, 7) is 19.6. The molecule has 2 heterocycles. The maximum atomic E-state index is 6.23. The molecule has 2 unspecified atom stereocenters. The van der Waals surface area contributed by atoms with E-state index in [0.717, 1.165) is 56.5 Å². The Morgan fingerprint density at radius 1 is 1.18 bits per heavy atom. The van der Waals surface area contributed by atoms with E-state index in [-0.39, 0.29) is 30.1 Å². The molecule has 0 spiro atoms. The van der Waals surface area contributed by atoms with E-state index < -0.39 is 0 Å². The van der Waals surface area contributed by atoms with E-state index in [1.54, 1.807) is 0 Å². The third-order valence-electron chi connectivity index (χ3n) is 6.26. The third kappa shape index (κ3) is 9.58. The molecule has 0 aliphatic carbocycles. The van der Waals surface area contributed by atoms with Crippen LogP contribution in [0.1, 0.15) is 38.3 Å². The standard InChI is InChI=1S/C25H43N5O2.HI/c1-5-26-25(27-16-21(4)18-30-12-10-29(6-2)11-13-30)28-17-22-8-7-20(3)15-24(22)32-23-9-14-31-19-23;/h7-8,15,21,23H,5-6,9-14,16-19H2,1-4H3,(H2,26,27,28);1H. The fraction of sp³-hybridized carbons (Fsp3) is 0.720. The highest BCUT2D eigenvalue weighted by Crippen LogP contribution is 2.24. The number of aryl methyl sites for hydroxylation is 1. The lowest BCUT2D eigenvalue weighted by atomic mass is 10.1. The summed E-state index contributed by atoms with van der Waals surface area (Å²) < 4.78 is 11.7. The third-order valence-corrected chi connectivity index (χ3v) is 6.26. The molecule has 188 valence electrons. The predicted molar refractivity (Wildman–Crippen MR) is 147 cm³/mol. The highest BCUT2D eigenvalue weighted by atomic mass is 127. The molecule has 0 amide bonds. The quantitative estimate of drug-likeness (QED) is 0.255. The summed E-state index contributed by atoms with van der Waals surface area (Å²) in [5.41, 5.74) is 2.31. The summed E-state index contributed by atoms with van der Waals surface area (Å²) in [6, 6.07) is 6.37. The summed E-state index contributed by atoms with van der Waals surface area (Å²) in [5.74, 6) is 2.36. The van der Waals surface area contributed by atoms with Gasteiger partial charge in [-0.15, -0.1) is 24.0 Å². The molecule has 0 saturated carbocycles. The van der Waals surface area contributed by atoms with E-state index in [2.05, 4.69) is 66.3 Å². The molecule has 7 nitrogen and oxygen atoms in total. The Kier molecular flexibility index (Phi) is 12.8. The van der Waals surface area contributed by atoms with Gasteiger partial charge in [0, 0.05) is 57.8 Å². The van der Waals surface area contributed by atoms with E-state index in [4.69, 9.17) is 14.5 Å². The minimum absolute atomic E-state index is 0. The summed E-state index contributed by atoms with van der Waals surface area (Å²) in [7, 11) is 0. The first-order valence-electron chi connectivity index (χ1n) is 12.4. The minimum Gasteiger partial charge on any atom is -0.488 e. The molecule has 3 rings (SSSR count). The van der Waals surface area contributed by atoms with E-state index in [1.165, 1.54) is 31.7 Å². The van der Waals surface area contributed by atoms with Crippen LogP contribution in [0.5, 0.6) is 5.75 Å². The van der Waals surface area contributed by atoms with E-state index in [9.17, 15) is 0 Å². The highest BCUT2D eigenvalue weighted by molar-refractivity contribution is 14.0. The monoisotopic (exact) mass is 573 g/mol. The average Bonchev–Trinajstić information content (AvgIpc) is 3.30. The van der Waals surface area contributed by atoms with Crippen molar-refractivity contribution in [2.45, 2.75) is 46.8 Å². The highest BCUT2D eigenvalue weighted by Gasteiger charge is 2.19. The Morgan fingerprint density at radius 2 is 1.94 bits per heavy atom. The van der Waals surface area contributed by atoms with Gasteiger partial charge in [-0.2, -0.15) is 0 Å². The molecule has 1 aromatic carbocycles. The fourth-order valence-corrected chi connectivity index (χ4v) is 4.26. The van der Waals surface area contributed by atoms with Crippen LogP contribution < -0.4 is 15.4 Å². The van der Waals surface area contributed by atoms with Gasteiger partial charge in [0.1, 0.15) is 11.9 Å². The first-order valence-corrected chi connectivity index (χ1v) is 12.4. The Bertz CT molecular complexity index is 719. The number of piperazine rings is 1. The number of hydrogen-bond donors (Lipinski definition) is 2. The Hall–Kier alpha value is -1.10. The number of hydrogen-bond acceptors (Lipinski definition) is 5. The molecule has 2 atom stereocenters. The summed E-state index contributed by atoms with van der Waals surface area (Å²) in [5, 5.41) is 6.93. The molecule has 2 N–H and O–H groups in total.